The second-order valence-electron chi connectivity index (χ2n) is 6.15. The second kappa shape index (κ2) is 7.51. The Labute approximate surface area is 146 Å². The van der Waals surface area contributed by atoms with Gasteiger partial charge in [-0.05, 0) is 39.0 Å². The van der Waals surface area contributed by atoms with E-state index in [1.165, 1.54) is 0 Å². The highest BCUT2D eigenvalue weighted by Crippen LogP contribution is 2.24. The molecule has 0 saturated carbocycles. The minimum absolute atomic E-state index is 0.0154. The molecule has 0 radical (unpaired) electrons. The molecular formula is C18H24N2O3S. The van der Waals surface area contributed by atoms with Gasteiger partial charge in [0.1, 0.15) is 11.5 Å². The highest BCUT2D eigenvalue weighted by Gasteiger charge is 2.26. The maximum absolute atomic E-state index is 12.5. The van der Waals surface area contributed by atoms with E-state index in [4.69, 9.17) is 9.15 Å². The zero-order valence-electron chi connectivity index (χ0n) is 14.4. The number of hydrogen-bond acceptors (Lipinski definition) is 5. The van der Waals surface area contributed by atoms with Crippen LogP contribution < -0.4 is 5.32 Å². The highest BCUT2D eigenvalue weighted by molar-refractivity contribution is 7.12. The SMILES string of the molecule is Cc1ccc([C@H](CNC(=O)c2cc(C)sc2C)N2CCOCC2)o1. The van der Waals surface area contributed by atoms with Gasteiger partial charge in [0.25, 0.3) is 5.91 Å². The van der Waals surface area contributed by atoms with E-state index in [2.05, 4.69) is 10.2 Å². The Morgan fingerprint density at radius 2 is 2.04 bits per heavy atom. The predicted octanol–water partition coefficient (Wildman–Crippen LogP) is 3.07. The minimum Gasteiger partial charge on any atom is -0.465 e. The maximum atomic E-state index is 12.5. The van der Waals surface area contributed by atoms with Gasteiger partial charge in [-0.3, -0.25) is 9.69 Å². The van der Waals surface area contributed by atoms with Crippen molar-refractivity contribution in [2.75, 3.05) is 32.8 Å². The minimum atomic E-state index is -0.0154. The quantitative estimate of drug-likeness (QED) is 0.902. The van der Waals surface area contributed by atoms with Crippen molar-refractivity contribution in [2.24, 2.45) is 0 Å². The van der Waals surface area contributed by atoms with Gasteiger partial charge in [0.05, 0.1) is 24.8 Å². The molecule has 1 aliphatic heterocycles. The molecule has 1 fully saturated rings. The van der Waals surface area contributed by atoms with Gasteiger partial charge in [0, 0.05) is 29.4 Å². The second-order valence-corrected chi connectivity index (χ2v) is 7.61. The van der Waals surface area contributed by atoms with E-state index in [-0.39, 0.29) is 11.9 Å². The highest BCUT2D eigenvalue weighted by atomic mass is 32.1. The fourth-order valence-electron chi connectivity index (χ4n) is 3.07. The standard InChI is InChI=1S/C18H24N2O3S/c1-12-4-5-17(23-12)16(20-6-8-22-9-7-20)11-19-18(21)15-10-13(2)24-14(15)3/h4-5,10,16H,6-9,11H2,1-3H3,(H,19,21)/t16-/m0/s1. The molecule has 0 aliphatic carbocycles. The van der Waals surface area contributed by atoms with Gasteiger partial charge in [0.2, 0.25) is 0 Å². The van der Waals surface area contributed by atoms with Crippen molar-refractivity contribution in [3.05, 3.63) is 45.0 Å². The van der Waals surface area contributed by atoms with Crippen LogP contribution in [0.2, 0.25) is 0 Å². The van der Waals surface area contributed by atoms with Crippen LogP contribution >= 0.6 is 11.3 Å². The van der Waals surface area contributed by atoms with Crippen molar-refractivity contribution in [2.45, 2.75) is 26.8 Å². The van der Waals surface area contributed by atoms with Crippen LogP contribution in [0.15, 0.2) is 22.6 Å². The van der Waals surface area contributed by atoms with Gasteiger partial charge in [-0.2, -0.15) is 0 Å². The molecule has 2 aromatic rings. The van der Waals surface area contributed by atoms with Gasteiger partial charge in [-0.1, -0.05) is 0 Å². The molecule has 0 bridgehead atoms. The number of amides is 1. The van der Waals surface area contributed by atoms with Crippen LogP contribution in [0.4, 0.5) is 0 Å². The van der Waals surface area contributed by atoms with E-state index in [0.29, 0.717) is 19.8 Å². The molecule has 1 N–H and O–H groups in total. The first-order chi connectivity index (χ1) is 11.5. The number of furan rings is 1. The van der Waals surface area contributed by atoms with Crippen LogP contribution in [-0.4, -0.2) is 43.7 Å². The third-order valence-corrected chi connectivity index (χ3v) is 5.28. The summed E-state index contributed by atoms with van der Waals surface area (Å²) in [5.41, 5.74) is 0.772. The summed E-state index contributed by atoms with van der Waals surface area (Å²) in [6.07, 6.45) is 0. The number of carbonyl (C=O) groups is 1. The van der Waals surface area contributed by atoms with Crippen LogP contribution in [0.3, 0.4) is 0 Å². The van der Waals surface area contributed by atoms with E-state index in [1.807, 2.05) is 39.0 Å². The number of rotatable bonds is 5. The van der Waals surface area contributed by atoms with Crippen molar-refractivity contribution in [3.63, 3.8) is 0 Å². The molecule has 3 heterocycles. The van der Waals surface area contributed by atoms with E-state index < -0.39 is 0 Å². The smallest absolute Gasteiger partial charge is 0.252 e. The molecule has 1 aliphatic rings. The molecule has 3 rings (SSSR count). The Morgan fingerprint density at radius 3 is 2.62 bits per heavy atom. The molecule has 5 nitrogen and oxygen atoms in total. The molecule has 1 amide bonds. The Balaban J connectivity index is 1.71. The number of nitrogens with one attached hydrogen (secondary N) is 1. The predicted molar refractivity (Wildman–Crippen MR) is 94.7 cm³/mol. The first kappa shape index (κ1) is 17.2. The van der Waals surface area contributed by atoms with Crippen LogP contribution in [-0.2, 0) is 4.74 Å². The molecule has 0 unspecified atom stereocenters. The molecule has 130 valence electrons. The summed E-state index contributed by atoms with van der Waals surface area (Å²) in [7, 11) is 0. The average molecular weight is 348 g/mol. The molecule has 2 aromatic heterocycles. The Kier molecular flexibility index (Phi) is 5.38. The molecule has 1 saturated heterocycles. The van der Waals surface area contributed by atoms with E-state index in [1.54, 1.807) is 11.3 Å². The van der Waals surface area contributed by atoms with Gasteiger partial charge >= 0.3 is 0 Å². The molecule has 6 heteroatoms. The summed E-state index contributed by atoms with van der Waals surface area (Å²) >= 11 is 1.65. The van der Waals surface area contributed by atoms with Crippen molar-refractivity contribution in [1.82, 2.24) is 10.2 Å². The van der Waals surface area contributed by atoms with Crippen molar-refractivity contribution >= 4 is 17.2 Å². The lowest BCUT2D eigenvalue weighted by Crippen LogP contribution is -2.43. The Bertz CT molecular complexity index is 701. The lowest BCUT2D eigenvalue weighted by Gasteiger charge is -2.33. The average Bonchev–Trinajstić information content (AvgIpc) is 3.14. The number of thiophene rings is 1. The number of morpholine rings is 1. The summed E-state index contributed by atoms with van der Waals surface area (Å²) in [5.74, 6) is 1.77. The zero-order chi connectivity index (χ0) is 17.1. The van der Waals surface area contributed by atoms with Crippen LogP contribution in [0.5, 0.6) is 0 Å². The number of aryl methyl sites for hydroxylation is 3. The fraction of sp³-hybridized carbons (Fsp3) is 0.500. The van der Waals surface area contributed by atoms with Gasteiger partial charge in [0.15, 0.2) is 0 Å². The maximum Gasteiger partial charge on any atom is 0.252 e. The van der Waals surface area contributed by atoms with Crippen LogP contribution in [0, 0.1) is 20.8 Å². The Morgan fingerprint density at radius 1 is 1.29 bits per heavy atom. The molecule has 24 heavy (non-hydrogen) atoms. The third-order valence-electron chi connectivity index (χ3n) is 4.32. The van der Waals surface area contributed by atoms with E-state index >= 15 is 0 Å². The van der Waals surface area contributed by atoms with Crippen LogP contribution in [0.25, 0.3) is 0 Å². The lowest BCUT2D eigenvalue weighted by molar-refractivity contribution is 0.0117. The lowest BCUT2D eigenvalue weighted by atomic mass is 10.1. The van der Waals surface area contributed by atoms with E-state index in [9.17, 15) is 4.79 Å². The first-order valence-corrected chi connectivity index (χ1v) is 9.09. The van der Waals surface area contributed by atoms with Crippen molar-refractivity contribution in [3.8, 4) is 0 Å². The van der Waals surface area contributed by atoms with Crippen molar-refractivity contribution in [1.29, 1.82) is 0 Å². The molecule has 0 spiro atoms. The van der Waals surface area contributed by atoms with Crippen molar-refractivity contribution < 1.29 is 13.9 Å². The molecule has 0 aromatic carbocycles. The molecular weight excluding hydrogens is 324 g/mol. The third kappa shape index (κ3) is 3.88. The summed E-state index contributed by atoms with van der Waals surface area (Å²) < 4.78 is 11.3. The molecule has 1 atom stereocenters. The normalized spacial score (nSPS) is 17.0. The Hall–Kier alpha value is -1.63. The topological polar surface area (TPSA) is 54.7 Å². The van der Waals surface area contributed by atoms with Gasteiger partial charge < -0.3 is 14.5 Å². The number of ether oxygens (including phenoxy) is 1. The summed E-state index contributed by atoms with van der Waals surface area (Å²) in [6.45, 7) is 9.60. The fourth-order valence-corrected chi connectivity index (χ4v) is 3.99. The number of carbonyl (C=O) groups excluding carboxylic acids is 1. The number of nitrogens with zero attached hydrogens (tertiary/aromatic N) is 1. The van der Waals surface area contributed by atoms with Gasteiger partial charge in [-0.15, -0.1) is 11.3 Å². The van der Waals surface area contributed by atoms with Crippen LogP contribution in [0.1, 0.15) is 37.7 Å². The zero-order valence-corrected chi connectivity index (χ0v) is 15.2. The largest absolute Gasteiger partial charge is 0.465 e. The van der Waals surface area contributed by atoms with E-state index in [0.717, 1.165) is 39.9 Å². The number of hydrogen-bond donors (Lipinski definition) is 1. The summed E-state index contributed by atoms with van der Waals surface area (Å²) in [5, 5.41) is 3.08. The first-order valence-electron chi connectivity index (χ1n) is 8.28. The summed E-state index contributed by atoms with van der Waals surface area (Å²) in [4.78, 5) is 17.1. The summed E-state index contributed by atoms with van der Waals surface area (Å²) in [6, 6.07) is 5.96. The monoisotopic (exact) mass is 348 g/mol. The van der Waals surface area contributed by atoms with Gasteiger partial charge in [-0.25, -0.2) is 0 Å².